The highest BCUT2D eigenvalue weighted by Gasteiger charge is 2.38. The fourth-order valence-electron chi connectivity index (χ4n) is 3.87. The standard InChI is InChI=1S/C29H41N3O5/c1-8-21(4)32(27(35)24(18-33)31-28(36)37-29(5,6)7)25(23-15-14-19(2)20(3)16-23)26(34)30-17-22-12-10-9-11-13-22/h9-16,21,24-25,33H,8,17-18H2,1-7H3,(H,30,34)(H,31,36). The summed E-state index contributed by atoms with van der Waals surface area (Å²) < 4.78 is 5.28. The van der Waals surface area contributed by atoms with Gasteiger partial charge in [-0.25, -0.2) is 4.79 Å². The van der Waals surface area contributed by atoms with E-state index in [0.29, 0.717) is 18.5 Å². The maximum atomic E-state index is 13.8. The van der Waals surface area contributed by atoms with Crippen molar-refractivity contribution in [2.24, 2.45) is 0 Å². The zero-order valence-electron chi connectivity index (χ0n) is 23.0. The lowest BCUT2D eigenvalue weighted by molar-refractivity contribution is -0.145. The third-order valence-electron chi connectivity index (χ3n) is 6.17. The molecule has 8 heteroatoms. The summed E-state index contributed by atoms with van der Waals surface area (Å²) in [6.45, 7) is 12.5. The number of carbonyl (C=O) groups excluding carboxylic acids is 3. The molecule has 0 aliphatic carbocycles. The van der Waals surface area contributed by atoms with Gasteiger partial charge in [-0.1, -0.05) is 55.5 Å². The number of carbonyl (C=O) groups is 3. The van der Waals surface area contributed by atoms with Gasteiger partial charge < -0.3 is 25.4 Å². The second-order valence-electron chi connectivity index (χ2n) is 10.3. The van der Waals surface area contributed by atoms with Crippen molar-refractivity contribution in [1.82, 2.24) is 15.5 Å². The number of hydrogen-bond acceptors (Lipinski definition) is 5. The Morgan fingerprint density at radius 2 is 1.68 bits per heavy atom. The number of alkyl carbamates (subject to hydrolysis) is 1. The minimum Gasteiger partial charge on any atom is -0.444 e. The fourth-order valence-corrected chi connectivity index (χ4v) is 3.87. The molecule has 0 saturated heterocycles. The summed E-state index contributed by atoms with van der Waals surface area (Å²) in [6.07, 6.45) is -0.260. The van der Waals surface area contributed by atoms with E-state index in [0.717, 1.165) is 16.7 Å². The zero-order valence-corrected chi connectivity index (χ0v) is 23.0. The van der Waals surface area contributed by atoms with E-state index in [2.05, 4.69) is 10.6 Å². The number of hydrogen-bond donors (Lipinski definition) is 3. The van der Waals surface area contributed by atoms with E-state index < -0.39 is 36.3 Å². The van der Waals surface area contributed by atoms with E-state index in [1.54, 1.807) is 20.8 Å². The minimum absolute atomic E-state index is 0.295. The van der Waals surface area contributed by atoms with Crippen LogP contribution in [0.25, 0.3) is 0 Å². The molecule has 3 atom stereocenters. The van der Waals surface area contributed by atoms with E-state index in [9.17, 15) is 19.5 Å². The Labute approximate surface area is 220 Å². The number of ether oxygens (including phenoxy) is 1. The molecule has 2 rings (SSSR count). The Balaban J connectivity index is 2.47. The van der Waals surface area contributed by atoms with Crippen LogP contribution in [0.3, 0.4) is 0 Å². The Morgan fingerprint density at radius 1 is 1.03 bits per heavy atom. The maximum absolute atomic E-state index is 13.8. The number of amides is 3. The van der Waals surface area contributed by atoms with Gasteiger partial charge in [-0.15, -0.1) is 0 Å². The molecular weight excluding hydrogens is 470 g/mol. The van der Waals surface area contributed by atoms with Crippen molar-refractivity contribution >= 4 is 17.9 Å². The molecular formula is C29H41N3O5. The molecule has 0 saturated carbocycles. The van der Waals surface area contributed by atoms with E-state index in [4.69, 9.17) is 4.74 Å². The predicted octanol–water partition coefficient (Wildman–Crippen LogP) is 4.17. The molecule has 2 aromatic rings. The monoisotopic (exact) mass is 511 g/mol. The van der Waals surface area contributed by atoms with Gasteiger partial charge >= 0.3 is 6.09 Å². The summed E-state index contributed by atoms with van der Waals surface area (Å²) in [4.78, 5) is 41.4. The van der Waals surface area contributed by atoms with Gasteiger partial charge in [0.15, 0.2) is 0 Å². The van der Waals surface area contributed by atoms with Crippen molar-refractivity contribution in [3.8, 4) is 0 Å². The number of aliphatic hydroxyl groups is 1. The van der Waals surface area contributed by atoms with Crippen LogP contribution >= 0.6 is 0 Å². The maximum Gasteiger partial charge on any atom is 0.408 e. The second kappa shape index (κ2) is 13.2. The summed E-state index contributed by atoms with van der Waals surface area (Å²) in [5.74, 6) is -0.921. The van der Waals surface area contributed by atoms with Crippen molar-refractivity contribution in [1.29, 1.82) is 0 Å². The van der Waals surface area contributed by atoms with Crippen molar-refractivity contribution in [3.05, 3.63) is 70.8 Å². The molecule has 0 aliphatic rings. The van der Waals surface area contributed by atoms with Gasteiger partial charge in [0.05, 0.1) is 6.61 Å². The van der Waals surface area contributed by atoms with Crippen molar-refractivity contribution in [3.63, 3.8) is 0 Å². The van der Waals surface area contributed by atoms with Crippen LogP contribution in [0, 0.1) is 13.8 Å². The molecule has 202 valence electrons. The van der Waals surface area contributed by atoms with Gasteiger partial charge in [-0.2, -0.15) is 0 Å². The summed E-state index contributed by atoms with van der Waals surface area (Å²) >= 11 is 0. The lowest BCUT2D eigenvalue weighted by Crippen LogP contribution is -2.56. The molecule has 0 aliphatic heterocycles. The smallest absolute Gasteiger partial charge is 0.408 e. The van der Waals surface area contributed by atoms with E-state index in [1.807, 2.05) is 76.2 Å². The minimum atomic E-state index is -1.28. The fraction of sp³-hybridized carbons (Fsp3) is 0.483. The number of benzene rings is 2. The predicted molar refractivity (Wildman–Crippen MR) is 144 cm³/mol. The number of rotatable bonds is 10. The lowest BCUT2D eigenvalue weighted by Gasteiger charge is -2.38. The van der Waals surface area contributed by atoms with Gasteiger partial charge in [0.2, 0.25) is 11.8 Å². The first-order valence-corrected chi connectivity index (χ1v) is 12.7. The quantitative estimate of drug-likeness (QED) is 0.444. The Kier molecular flexibility index (Phi) is 10.7. The van der Waals surface area contributed by atoms with Crippen molar-refractivity contribution in [2.75, 3.05) is 6.61 Å². The highest BCUT2D eigenvalue weighted by atomic mass is 16.6. The molecule has 3 unspecified atom stereocenters. The summed E-state index contributed by atoms with van der Waals surface area (Å²) in [5.41, 5.74) is 2.85. The molecule has 3 N–H and O–H groups in total. The topological polar surface area (TPSA) is 108 Å². The largest absolute Gasteiger partial charge is 0.444 e. The summed E-state index contributed by atoms with van der Waals surface area (Å²) in [5, 5.41) is 15.5. The second-order valence-corrected chi connectivity index (χ2v) is 10.3. The average Bonchev–Trinajstić information content (AvgIpc) is 2.84. The first kappa shape index (κ1) is 29.8. The summed E-state index contributed by atoms with van der Waals surface area (Å²) in [7, 11) is 0. The molecule has 37 heavy (non-hydrogen) atoms. The Morgan fingerprint density at radius 3 is 2.22 bits per heavy atom. The number of nitrogens with one attached hydrogen (secondary N) is 2. The Bertz CT molecular complexity index is 1060. The van der Waals surface area contributed by atoms with Crippen LogP contribution < -0.4 is 10.6 Å². The van der Waals surface area contributed by atoms with Crippen LogP contribution in [0.5, 0.6) is 0 Å². The van der Waals surface area contributed by atoms with Crippen LogP contribution in [0.2, 0.25) is 0 Å². The third-order valence-corrected chi connectivity index (χ3v) is 6.17. The molecule has 3 amide bonds. The zero-order chi connectivity index (χ0) is 27.8. The van der Waals surface area contributed by atoms with Crippen LogP contribution in [0.15, 0.2) is 48.5 Å². The molecule has 0 heterocycles. The molecule has 0 fully saturated rings. The van der Waals surface area contributed by atoms with Crippen LogP contribution in [0.4, 0.5) is 4.79 Å². The highest BCUT2D eigenvalue weighted by molar-refractivity contribution is 5.92. The number of nitrogens with zero attached hydrogens (tertiary/aromatic N) is 1. The normalized spacial score (nSPS) is 13.7. The molecule has 0 bridgehead atoms. The number of aliphatic hydroxyl groups excluding tert-OH is 1. The first-order valence-electron chi connectivity index (χ1n) is 12.7. The highest BCUT2D eigenvalue weighted by Crippen LogP contribution is 2.28. The average molecular weight is 512 g/mol. The van der Waals surface area contributed by atoms with Gasteiger partial charge in [0, 0.05) is 12.6 Å². The Hall–Kier alpha value is -3.39. The van der Waals surface area contributed by atoms with Gasteiger partial charge in [-0.05, 0) is 70.2 Å². The van der Waals surface area contributed by atoms with Crippen LogP contribution in [0.1, 0.15) is 69.3 Å². The molecule has 0 radical (unpaired) electrons. The van der Waals surface area contributed by atoms with Crippen molar-refractivity contribution in [2.45, 2.75) is 85.2 Å². The van der Waals surface area contributed by atoms with E-state index in [1.165, 1.54) is 4.90 Å². The van der Waals surface area contributed by atoms with Gasteiger partial charge in [-0.3, -0.25) is 9.59 Å². The SMILES string of the molecule is CCC(C)N(C(=O)C(CO)NC(=O)OC(C)(C)C)C(C(=O)NCc1ccccc1)c1ccc(C)c(C)c1. The van der Waals surface area contributed by atoms with Crippen LogP contribution in [-0.2, 0) is 20.9 Å². The van der Waals surface area contributed by atoms with Gasteiger partial charge in [0.1, 0.15) is 17.7 Å². The van der Waals surface area contributed by atoms with Crippen LogP contribution in [-0.4, -0.2) is 52.2 Å². The molecule has 0 spiro atoms. The third kappa shape index (κ3) is 8.60. The first-order chi connectivity index (χ1) is 17.4. The lowest BCUT2D eigenvalue weighted by atomic mass is 9.96. The molecule has 8 nitrogen and oxygen atoms in total. The summed E-state index contributed by atoms with van der Waals surface area (Å²) in [6, 6.07) is 12.6. The van der Waals surface area contributed by atoms with E-state index in [-0.39, 0.29) is 11.9 Å². The van der Waals surface area contributed by atoms with Gasteiger partial charge in [0.25, 0.3) is 0 Å². The van der Waals surface area contributed by atoms with Crippen molar-refractivity contribution < 1.29 is 24.2 Å². The number of aryl methyl sites for hydroxylation is 2. The molecule has 0 aromatic heterocycles. The van der Waals surface area contributed by atoms with E-state index >= 15 is 0 Å². The molecule has 2 aromatic carbocycles.